The lowest BCUT2D eigenvalue weighted by molar-refractivity contribution is -0.144. The highest BCUT2D eigenvalue weighted by molar-refractivity contribution is 9.10. The minimum Gasteiger partial charge on any atom is -0.466 e. The molecule has 0 spiro atoms. The van der Waals surface area contributed by atoms with Crippen LogP contribution in [0.4, 0.5) is 11.5 Å². The second-order valence-electron chi connectivity index (χ2n) is 7.15. The van der Waals surface area contributed by atoms with E-state index in [2.05, 4.69) is 15.9 Å². The molecule has 156 valence electrons. The molecule has 1 aliphatic rings. The van der Waals surface area contributed by atoms with Crippen LogP contribution in [0, 0.1) is 0 Å². The standard InChI is InChI=1S/C20H25BrN4O4/c1-5-9-29-16(26)11-15-22(2)18-17(19(27)24(4)20(28)23(18)3)25(15)12-13-7-6-8-14(21)10-13/h6-8,10,15H,5,9,11-12H2,1-4H3. The summed E-state index contributed by atoms with van der Waals surface area (Å²) < 4.78 is 8.74. The van der Waals surface area contributed by atoms with E-state index in [0.717, 1.165) is 21.0 Å². The van der Waals surface area contributed by atoms with Crippen LogP contribution < -0.4 is 21.0 Å². The Labute approximate surface area is 177 Å². The quantitative estimate of drug-likeness (QED) is 0.608. The summed E-state index contributed by atoms with van der Waals surface area (Å²) in [4.78, 5) is 41.5. The molecule has 2 aromatic rings. The number of nitrogens with zero attached hydrogens (tertiary/aromatic N) is 4. The van der Waals surface area contributed by atoms with E-state index in [0.29, 0.717) is 24.7 Å². The summed E-state index contributed by atoms with van der Waals surface area (Å²) in [6.07, 6.45) is 0.383. The van der Waals surface area contributed by atoms with Crippen LogP contribution in [-0.2, 0) is 30.2 Å². The van der Waals surface area contributed by atoms with Crippen molar-refractivity contribution in [1.29, 1.82) is 0 Å². The van der Waals surface area contributed by atoms with Gasteiger partial charge in [0.05, 0.1) is 13.0 Å². The second kappa shape index (κ2) is 8.44. The van der Waals surface area contributed by atoms with E-state index in [1.807, 2.05) is 41.0 Å². The van der Waals surface area contributed by atoms with E-state index in [4.69, 9.17) is 4.74 Å². The highest BCUT2D eigenvalue weighted by Crippen LogP contribution is 2.37. The minimum atomic E-state index is -0.436. The Balaban J connectivity index is 2.08. The first-order valence-corrected chi connectivity index (χ1v) is 10.2. The normalized spacial score (nSPS) is 15.6. The predicted octanol–water partition coefficient (Wildman–Crippen LogP) is 1.97. The molecule has 1 aliphatic heterocycles. The zero-order valence-corrected chi connectivity index (χ0v) is 18.6. The summed E-state index contributed by atoms with van der Waals surface area (Å²) in [5, 5.41) is 0. The van der Waals surface area contributed by atoms with Crippen LogP contribution in [0.3, 0.4) is 0 Å². The first-order valence-electron chi connectivity index (χ1n) is 9.45. The number of hydrogen-bond donors (Lipinski definition) is 0. The molecule has 1 atom stereocenters. The van der Waals surface area contributed by atoms with Crippen molar-refractivity contribution in [3.63, 3.8) is 0 Å². The minimum absolute atomic E-state index is 0.0799. The SMILES string of the molecule is CCCOC(=O)CC1N(C)c2c(c(=O)n(C)c(=O)n2C)N1Cc1cccc(Br)c1. The monoisotopic (exact) mass is 464 g/mol. The van der Waals surface area contributed by atoms with Crippen LogP contribution in [0.15, 0.2) is 38.3 Å². The van der Waals surface area contributed by atoms with Gasteiger partial charge >= 0.3 is 11.7 Å². The third-order valence-electron chi connectivity index (χ3n) is 5.10. The van der Waals surface area contributed by atoms with Gasteiger partial charge in [0.2, 0.25) is 0 Å². The predicted molar refractivity (Wildman–Crippen MR) is 115 cm³/mol. The first kappa shape index (κ1) is 21.2. The van der Waals surface area contributed by atoms with Crippen molar-refractivity contribution in [1.82, 2.24) is 9.13 Å². The van der Waals surface area contributed by atoms with E-state index in [1.54, 1.807) is 14.1 Å². The maximum absolute atomic E-state index is 13.0. The lowest BCUT2D eigenvalue weighted by Crippen LogP contribution is -2.44. The maximum Gasteiger partial charge on any atom is 0.332 e. The molecule has 3 rings (SSSR count). The molecule has 0 N–H and O–H groups in total. The lowest BCUT2D eigenvalue weighted by Gasteiger charge is -2.30. The molecule has 0 fully saturated rings. The van der Waals surface area contributed by atoms with E-state index in [1.165, 1.54) is 11.6 Å². The Kier molecular flexibility index (Phi) is 6.16. The van der Waals surface area contributed by atoms with Gasteiger partial charge in [0, 0.05) is 32.2 Å². The van der Waals surface area contributed by atoms with Crippen LogP contribution in [0.25, 0.3) is 0 Å². The molecule has 0 bridgehead atoms. The molecule has 1 aromatic carbocycles. The summed E-state index contributed by atoms with van der Waals surface area (Å²) >= 11 is 3.47. The first-order chi connectivity index (χ1) is 13.8. The van der Waals surface area contributed by atoms with Gasteiger partial charge in [0.15, 0.2) is 0 Å². The van der Waals surface area contributed by atoms with Crippen molar-refractivity contribution in [2.45, 2.75) is 32.5 Å². The second-order valence-corrected chi connectivity index (χ2v) is 8.07. The van der Waals surface area contributed by atoms with Crippen LogP contribution in [0.5, 0.6) is 0 Å². The van der Waals surface area contributed by atoms with Crippen molar-refractivity contribution in [2.24, 2.45) is 14.1 Å². The van der Waals surface area contributed by atoms with Gasteiger partial charge in [-0.05, 0) is 24.1 Å². The van der Waals surface area contributed by atoms with E-state index in [-0.39, 0.29) is 17.9 Å². The number of carbonyl (C=O) groups is 1. The van der Waals surface area contributed by atoms with Crippen LogP contribution in [0.2, 0.25) is 0 Å². The van der Waals surface area contributed by atoms with Gasteiger partial charge in [-0.1, -0.05) is 35.0 Å². The lowest BCUT2D eigenvalue weighted by atomic mass is 10.2. The molecule has 1 unspecified atom stereocenters. The molecule has 29 heavy (non-hydrogen) atoms. The fourth-order valence-electron chi connectivity index (χ4n) is 3.66. The van der Waals surface area contributed by atoms with Crippen molar-refractivity contribution in [3.8, 4) is 0 Å². The molecule has 1 aromatic heterocycles. The van der Waals surface area contributed by atoms with Gasteiger partial charge < -0.3 is 14.5 Å². The van der Waals surface area contributed by atoms with Crippen LogP contribution >= 0.6 is 15.9 Å². The van der Waals surface area contributed by atoms with Crippen LogP contribution in [-0.4, -0.2) is 34.9 Å². The van der Waals surface area contributed by atoms with E-state index in [9.17, 15) is 14.4 Å². The highest BCUT2D eigenvalue weighted by Gasteiger charge is 2.40. The maximum atomic E-state index is 13.0. The van der Waals surface area contributed by atoms with E-state index >= 15 is 0 Å². The summed E-state index contributed by atoms with van der Waals surface area (Å²) in [5.41, 5.74) is 0.598. The third kappa shape index (κ3) is 3.96. The number of anilines is 2. The zero-order valence-electron chi connectivity index (χ0n) is 17.0. The molecular weight excluding hydrogens is 440 g/mol. The average molecular weight is 465 g/mol. The molecule has 2 heterocycles. The van der Waals surface area contributed by atoms with Gasteiger partial charge in [-0.15, -0.1) is 0 Å². The van der Waals surface area contributed by atoms with Gasteiger partial charge in [-0.3, -0.25) is 18.7 Å². The van der Waals surface area contributed by atoms with Gasteiger partial charge in [-0.2, -0.15) is 0 Å². The Hall–Kier alpha value is -2.55. The molecule has 8 nitrogen and oxygen atoms in total. The summed E-state index contributed by atoms with van der Waals surface area (Å²) in [6.45, 7) is 2.70. The highest BCUT2D eigenvalue weighted by atomic mass is 79.9. The van der Waals surface area contributed by atoms with Gasteiger partial charge in [-0.25, -0.2) is 4.79 Å². The number of halogens is 1. The van der Waals surface area contributed by atoms with Gasteiger partial charge in [0.25, 0.3) is 5.56 Å². The molecule has 0 saturated heterocycles. The smallest absolute Gasteiger partial charge is 0.332 e. The molecule has 0 radical (unpaired) electrons. The Bertz CT molecular complexity index is 1050. The Morgan fingerprint density at radius 2 is 1.90 bits per heavy atom. The molecule has 0 saturated carbocycles. The summed E-state index contributed by atoms with van der Waals surface area (Å²) in [6, 6.07) is 7.78. The number of esters is 1. The fourth-order valence-corrected chi connectivity index (χ4v) is 4.10. The fraction of sp³-hybridized carbons (Fsp3) is 0.450. The number of benzene rings is 1. The van der Waals surface area contributed by atoms with Crippen molar-refractivity contribution in [2.75, 3.05) is 23.5 Å². The molecular formula is C20H25BrN4O4. The van der Waals surface area contributed by atoms with Crippen molar-refractivity contribution in [3.05, 3.63) is 55.1 Å². The number of carbonyl (C=O) groups excluding carboxylic acids is 1. The Morgan fingerprint density at radius 3 is 2.55 bits per heavy atom. The molecule has 9 heteroatoms. The zero-order chi connectivity index (χ0) is 21.3. The summed E-state index contributed by atoms with van der Waals surface area (Å²) in [5.74, 6) is 0.166. The number of aromatic nitrogens is 2. The van der Waals surface area contributed by atoms with Crippen LogP contribution in [0.1, 0.15) is 25.3 Å². The number of ether oxygens (including phenoxy) is 1. The number of fused-ring (bicyclic) bond motifs is 1. The largest absolute Gasteiger partial charge is 0.466 e. The van der Waals surface area contributed by atoms with E-state index < -0.39 is 11.9 Å². The van der Waals surface area contributed by atoms with Crippen molar-refractivity contribution < 1.29 is 9.53 Å². The number of rotatable bonds is 6. The Morgan fingerprint density at radius 1 is 1.17 bits per heavy atom. The van der Waals surface area contributed by atoms with Gasteiger partial charge in [0.1, 0.15) is 17.7 Å². The van der Waals surface area contributed by atoms with Crippen molar-refractivity contribution >= 4 is 33.4 Å². The third-order valence-corrected chi connectivity index (χ3v) is 5.59. The summed E-state index contributed by atoms with van der Waals surface area (Å²) in [7, 11) is 4.88. The average Bonchev–Trinajstić information content (AvgIpc) is 2.95. The molecule has 0 aliphatic carbocycles. The number of hydrogen-bond acceptors (Lipinski definition) is 6. The topological polar surface area (TPSA) is 76.8 Å². The molecule has 0 amide bonds.